The van der Waals surface area contributed by atoms with Crippen LogP contribution < -0.4 is 0 Å². The molecule has 2 fully saturated rings. The number of nitrogens with zero attached hydrogens (tertiary/aromatic N) is 2. The molecule has 2 unspecified atom stereocenters. The van der Waals surface area contributed by atoms with Gasteiger partial charge in [-0.1, -0.05) is 18.2 Å². The molecule has 3 heteroatoms. The minimum atomic E-state index is -0.678. The summed E-state index contributed by atoms with van der Waals surface area (Å²) >= 11 is 0. The van der Waals surface area contributed by atoms with E-state index in [1.54, 1.807) is 0 Å². The van der Waals surface area contributed by atoms with Crippen LogP contribution in [0.1, 0.15) is 24.8 Å². The summed E-state index contributed by atoms with van der Waals surface area (Å²) in [6.07, 6.45) is 4.97. The lowest BCUT2D eigenvalue weighted by atomic mass is 9.85. The fourth-order valence-corrected chi connectivity index (χ4v) is 3.79. The first-order chi connectivity index (χ1) is 9.27. The van der Waals surface area contributed by atoms with Crippen LogP contribution in [-0.4, -0.2) is 34.1 Å². The number of aliphatic hydroxyl groups is 1. The van der Waals surface area contributed by atoms with Crippen molar-refractivity contribution in [1.29, 1.82) is 0 Å². The maximum atomic E-state index is 11.1. The lowest BCUT2D eigenvalue weighted by Gasteiger charge is -2.30. The van der Waals surface area contributed by atoms with Crippen molar-refractivity contribution in [3.8, 4) is 0 Å². The lowest BCUT2D eigenvalue weighted by molar-refractivity contribution is 0.00949. The normalized spacial score (nSPS) is 30.9. The predicted molar refractivity (Wildman–Crippen MR) is 74.9 cm³/mol. The monoisotopic (exact) mass is 254 g/mol. The Morgan fingerprint density at radius 3 is 3.16 bits per heavy atom. The molecule has 2 atom stereocenters. The van der Waals surface area contributed by atoms with Crippen LogP contribution in [0, 0.1) is 0 Å². The molecule has 2 aliphatic rings. The molecule has 0 amide bonds. The zero-order valence-corrected chi connectivity index (χ0v) is 10.9. The summed E-state index contributed by atoms with van der Waals surface area (Å²) in [6.45, 7) is 2.15. The van der Waals surface area contributed by atoms with Gasteiger partial charge in [-0.05, 0) is 43.5 Å². The van der Waals surface area contributed by atoms with Crippen LogP contribution in [0.15, 0.2) is 36.5 Å². The van der Waals surface area contributed by atoms with Crippen LogP contribution in [0.4, 0.5) is 0 Å². The van der Waals surface area contributed by atoms with Gasteiger partial charge in [0.1, 0.15) is 5.60 Å². The standard InChI is InChI=1S/C16H18N2O/c19-16(7-10-18-9-2-4-15(16)18)13-6-5-12-3-1-8-17-14(12)11-13/h1,3,5-6,8,11,15,19H,2,4,7,9-10H2. The number of aromatic nitrogens is 1. The highest BCUT2D eigenvalue weighted by molar-refractivity contribution is 5.79. The van der Waals surface area contributed by atoms with Gasteiger partial charge in [-0.25, -0.2) is 0 Å². The highest BCUT2D eigenvalue weighted by Crippen LogP contribution is 2.43. The number of fused-ring (bicyclic) bond motifs is 2. The number of rotatable bonds is 1. The van der Waals surface area contributed by atoms with E-state index < -0.39 is 5.60 Å². The van der Waals surface area contributed by atoms with E-state index in [4.69, 9.17) is 0 Å². The summed E-state index contributed by atoms with van der Waals surface area (Å²) in [5, 5.41) is 12.3. The quantitative estimate of drug-likeness (QED) is 0.848. The van der Waals surface area contributed by atoms with Crippen LogP contribution in [-0.2, 0) is 5.60 Å². The Bertz CT molecular complexity index is 627. The Balaban J connectivity index is 1.81. The Labute approximate surface area is 112 Å². The van der Waals surface area contributed by atoms with Gasteiger partial charge in [0.25, 0.3) is 0 Å². The number of hydrogen-bond donors (Lipinski definition) is 1. The van der Waals surface area contributed by atoms with Crippen molar-refractivity contribution < 1.29 is 5.11 Å². The van der Waals surface area contributed by atoms with E-state index in [9.17, 15) is 5.11 Å². The summed E-state index contributed by atoms with van der Waals surface area (Å²) in [4.78, 5) is 6.84. The van der Waals surface area contributed by atoms with Crippen LogP contribution in [0.5, 0.6) is 0 Å². The van der Waals surface area contributed by atoms with Gasteiger partial charge in [-0.3, -0.25) is 9.88 Å². The van der Waals surface area contributed by atoms with Gasteiger partial charge in [0.15, 0.2) is 0 Å². The lowest BCUT2D eigenvalue weighted by Crippen LogP contribution is -2.38. The van der Waals surface area contributed by atoms with Crippen molar-refractivity contribution in [2.24, 2.45) is 0 Å². The van der Waals surface area contributed by atoms with Crippen molar-refractivity contribution in [2.45, 2.75) is 30.9 Å². The molecule has 2 saturated heterocycles. The first kappa shape index (κ1) is 11.4. The third-order valence-electron chi connectivity index (χ3n) is 4.80. The molecule has 1 aromatic heterocycles. The molecule has 4 rings (SSSR count). The average Bonchev–Trinajstić information content (AvgIpc) is 3.03. The topological polar surface area (TPSA) is 36.4 Å². The Kier molecular flexibility index (Phi) is 2.41. The Hall–Kier alpha value is -1.45. The molecule has 2 aromatic rings. The van der Waals surface area contributed by atoms with Crippen molar-refractivity contribution >= 4 is 10.9 Å². The predicted octanol–water partition coefficient (Wildman–Crippen LogP) is 2.29. The number of benzene rings is 1. The molecular weight excluding hydrogens is 236 g/mol. The summed E-state index contributed by atoms with van der Waals surface area (Å²) in [7, 11) is 0. The summed E-state index contributed by atoms with van der Waals surface area (Å²) in [6, 6.07) is 10.5. The van der Waals surface area contributed by atoms with Crippen LogP contribution in [0.25, 0.3) is 10.9 Å². The van der Waals surface area contributed by atoms with E-state index in [0.29, 0.717) is 6.04 Å². The largest absolute Gasteiger partial charge is 0.383 e. The molecule has 98 valence electrons. The highest BCUT2D eigenvalue weighted by Gasteiger charge is 2.48. The summed E-state index contributed by atoms with van der Waals surface area (Å²) in [5.74, 6) is 0. The molecule has 3 nitrogen and oxygen atoms in total. The van der Waals surface area contributed by atoms with E-state index >= 15 is 0 Å². The molecule has 1 aromatic carbocycles. The van der Waals surface area contributed by atoms with Crippen molar-refractivity contribution in [3.63, 3.8) is 0 Å². The molecule has 2 aliphatic heterocycles. The molecule has 1 N–H and O–H groups in total. The second kappa shape index (κ2) is 4.02. The second-order valence-electron chi connectivity index (χ2n) is 5.78. The van der Waals surface area contributed by atoms with Gasteiger partial charge in [0, 0.05) is 24.2 Å². The summed E-state index contributed by atoms with van der Waals surface area (Å²) < 4.78 is 0. The zero-order valence-electron chi connectivity index (χ0n) is 10.9. The van der Waals surface area contributed by atoms with Crippen LogP contribution in [0.2, 0.25) is 0 Å². The van der Waals surface area contributed by atoms with E-state index in [1.807, 2.05) is 12.3 Å². The summed E-state index contributed by atoms with van der Waals surface area (Å²) in [5.41, 5.74) is 1.33. The van der Waals surface area contributed by atoms with Gasteiger partial charge in [-0.15, -0.1) is 0 Å². The van der Waals surface area contributed by atoms with Crippen LogP contribution >= 0.6 is 0 Å². The zero-order chi connectivity index (χ0) is 12.9. The fraction of sp³-hybridized carbons (Fsp3) is 0.438. The molecule has 0 saturated carbocycles. The van der Waals surface area contributed by atoms with Gasteiger partial charge in [-0.2, -0.15) is 0 Å². The average molecular weight is 254 g/mol. The maximum Gasteiger partial charge on any atom is 0.106 e. The molecule has 3 heterocycles. The maximum absolute atomic E-state index is 11.1. The Morgan fingerprint density at radius 1 is 1.26 bits per heavy atom. The van der Waals surface area contributed by atoms with Gasteiger partial charge in [0.2, 0.25) is 0 Å². The van der Waals surface area contributed by atoms with Crippen molar-refractivity contribution in [1.82, 2.24) is 9.88 Å². The first-order valence-electron chi connectivity index (χ1n) is 7.09. The SMILES string of the molecule is OC1(c2ccc3cccnc3c2)CCN2CCCC21. The molecule has 0 spiro atoms. The molecule has 0 bridgehead atoms. The van der Waals surface area contributed by atoms with E-state index in [2.05, 4.69) is 34.1 Å². The van der Waals surface area contributed by atoms with E-state index in [-0.39, 0.29) is 0 Å². The number of hydrogen-bond acceptors (Lipinski definition) is 3. The van der Waals surface area contributed by atoms with Crippen LogP contribution in [0.3, 0.4) is 0 Å². The molecule has 0 radical (unpaired) electrons. The molecular formula is C16H18N2O. The van der Waals surface area contributed by atoms with Crippen molar-refractivity contribution in [2.75, 3.05) is 13.1 Å². The highest BCUT2D eigenvalue weighted by atomic mass is 16.3. The van der Waals surface area contributed by atoms with E-state index in [0.717, 1.165) is 42.4 Å². The second-order valence-corrected chi connectivity index (χ2v) is 5.78. The Morgan fingerprint density at radius 2 is 2.21 bits per heavy atom. The molecule has 0 aliphatic carbocycles. The minimum Gasteiger partial charge on any atom is -0.383 e. The molecule has 19 heavy (non-hydrogen) atoms. The van der Waals surface area contributed by atoms with Gasteiger partial charge >= 0.3 is 0 Å². The van der Waals surface area contributed by atoms with E-state index in [1.165, 1.54) is 6.42 Å². The van der Waals surface area contributed by atoms with Gasteiger partial charge < -0.3 is 5.11 Å². The number of pyridine rings is 1. The fourth-order valence-electron chi connectivity index (χ4n) is 3.79. The van der Waals surface area contributed by atoms with Crippen molar-refractivity contribution in [3.05, 3.63) is 42.1 Å². The first-order valence-corrected chi connectivity index (χ1v) is 7.09. The smallest absolute Gasteiger partial charge is 0.106 e. The third-order valence-corrected chi connectivity index (χ3v) is 4.80. The minimum absolute atomic E-state index is 0.300. The third kappa shape index (κ3) is 1.62. The van der Waals surface area contributed by atoms with Gasteiger partial charge in [0.05, 0.1) is 5.52 Å².